The Morgan fingerprint density at radius 2 is 1.88 bits per heavy atom. The highest BCUT2D eigenvalue weighted by Crippen LogP contribution is 2.32. The molecule has 8 nitrogen and oxygen atoms in total. The van der Waals surface area contributed by atoms with Gasteiger partial charge < -0.3 is 15.0 Å². The number of amides is 1. The van der Waals surface area contributed by atoms with Crippen LogP contribution in [-0.2, 0) is 19.6 Å². The monoisotopic (exact) mass is 490 g/mol. The molecule has 3 heterocycles. The molecule has 0 bridgehead atoms. The molecule has 2 fully saturated rings. The van der Waals surface area contributed by atoms with Crippen LogP contribution in [0.5, 0.6) is 0 Å². The fourth-order valence-electron chi connectivity index (χ4n) is 4.14. The molecule has 0 saturated carbocycles. The van der Waals surface area contributed by atoms with E-state index in [0.29, 0.717) is 31.7 Å². The summed E-state index contributed by atoms with van der Waals surface area (Å²) in [6, 6.07) is 9.33. The number of thiazole rings is 1. The van der Waals surface area contributed by atoms with Gasteiger partial charge >= 0.3 is 0 Å². The fraction of sp³-hybridized carbons (Fsp3) is 0.364. The maximum absolute atomic E-state index is 13.2. The van der Waals surface area contributed by atoms with Crippen molar-refractivity contribution in [2.45, 2.75) is 23.8 Å². The Hall–Kier alpha value is -2.60. The van der Waals surface area contributed by atoms with Gasteiger partial charge in [0, 0.05) is 25.3 Å². The predicted octanol–water partition coefficient (Wildman–Crippen LogP) is 3.06. The van der Waals surface area contributed by atoms with E-state index in [1.807, 2.05) is 12.1 Å². The number of rotatable bonds is 5. The first-order valence-electron chi connectivity index (χ1n) is 10.7. The molecule has 0 spiro atoms. The molecular weight excluding hydrogens is 467 g/mol. The van der Waals surface area contributed by atoms with Gasteiger partial charge in [0.15, 0.2) is 5.13 Å². The van der Waals surface area contributed by atoms with E-state index >= 15 is 0 Å². The smallest absolute Gasteiger partial charge is 0.243 e. The summed E-state index contributed by atoms with van der Waals surface area (Å²) in [7, 11) is -3.90. The van der Waals surface area contributed by atoms with Crippen LogP contribution in [0.15, 0.2) is 47.4 Å². The summed E-state index contributed by atoms with van der Waals surface area (Å²) in [5.41, 5.74) is 1.44. The molecule has 2 aliphatic rings. The molecule has 11 heteroatoms. The third kappa shape index (κ3) is 4.45. The van der Waals surface area contributed by atoms with Gasteiger partial charge in [-0.3, -0.25) is 4.79 Å². The highest BCUT2D eigenvalue weighted by Gasteiger charge is 2.39. The summed E-state index contributed by atoms with van der Waals surface area (Å²) < 4.78 is 46.9. The average molecular weight is 491 g/mol. The maximum atomic E-state index is 13.2. The Kier molecular flexibility index (Phi) is 6.04. The van der Waals surface area contributed by atoms with Crippen molar-refractivity contribution in [1.82, 2.24) is 9.29 Å². The van der Waals surface area contributed by atoms with Gasteiger partial charge in [0.1, 0.15) is 11.9 Å². The first-order valence-corrected chi connectivity index (χ1v) is 13.0. The zero-order valence-corrected chi connectivity index (χ0v) is 19.4. The largest absolute Gasteiger partial charge is 0.378 e. The Bertz CT molecular complexity index is 1270. The second-order valence-corrected chi connectivity index (χ2v) is 10.9. The van der Waals surface area contributed by atoms with Gasteiger partial charge in [-0.1, -0.05) is 11.3 Å². The predicted molar refractivity (Wildman–Crippen MR) is 125 cm³/mol. The lowest BCUT2D eigenvalue weighted by Gasteiger charge is -2.25. The number of carbonyl (C=O) groups excluding carboxylic acids is 1. The van der Waals surface area contributed by atoms with E-state index in [-0.39, 0.29) is 17.3 Å². The van der Waals surface area contributed by atoms with Gasteiger partial charge in [0.25, 0.3) is 0 Å². The summed E-state index contributed by atoms with van der Waals surface area (Å²) in [6.07, 6.45) is 1.01. The molecule has 1 aromatic heterocycles. The molecule has 1 N–H and O–H groups in total. The van der Waals surface area contributed by atoms with Crippen LogP contribution in [0.1, 0.15) is 12.8 Å². The third-order valence-electron chi connectivity index (χ3n) is 5.85. The first-order chi connectivity index (χ1) is 15.9. The molecule has 1 unspecified atom stereocenters. The van der Waals surface area contributed by atoms with Gasteiger partial charge in [-0.05, 0) is 55.3 Å². The molecule has 0 aliphatic carbocycles. The SMILES string of the molecule is O=C(Nc1ccc2nc(N3CCOCC3)sc2c1)C1CCCN1S(=O)(=O)c1ccc(F)cc1. The summed E-state index contributed by atoms with van der Waals surface area (Å²) in [5.74, 6) is -0.893. The van der Waals surface area contributed by atoms with Gasteiger partial charge in [-0.15, -0.1) is 0 Å². The highest BCUT2D eigenvalue weighted by molar-refractivity contribution is 7.89. The number of halogens is 1. The Morgan fingerprint density at radius 1 is 1.12 bits per heavy atom. The van der Waals surface area contributed by atoms with E-state index in [4.69, 9.17) is 4.74 Å². The van der Waals surface area contributed by atoms with Crippen molar-refractivity contribution >= 4 is 48.3 Å². The second-order valence-electron chi connectivity index (χ2n) is 8.00. The van der Waals surface area contributed by atoms with Crippen LogP contribution in [0.4, 0.5) is 15.2 Å². The van der Waals surface area contributed by atoms with Crippen molar-refractivity contribution < 1.29 is 22.3 Å². The number of aromatic nitrogens is 1. The van der Waals surface area contributed by atoms with Gasteiger partial charge in [-0.2, -0.15) is 4.31 Å². The van der Waals surface area contributed by atoms with E-state index in [1.54, 1.807) is 17.4 Å². The number of sulfonamides is 1. The number of benzene rings is 2. The van der Waals surface area contributed by atoms with E-state index in [0.717, 1.165) is 40.6 Å². The lowest BCUT2D eigenvalue weighted by molar-refractivity contribution is -0.119. The maximum Gasteiger partial charge on any atom is 0.243 e. The molecule has 2 saturated heterocycles. The van der Waals surface area contributed by atoms with Crippen LogP contribution in [0.3, 0.4) is 0 Å². The summed E-state index contributed by atoms with van der Waals surface area (Å²) in [4.78, 5) is 19.9. The zero-order valence-electron chi connectivity index (χ0n) is 17.7. The fourth-order valence-corrected chi connectivity index (χ4v) is 6.85. The summed E-state index contributed by atoms with van der Waals surface area (Å²) in [5, 5.41) is 3.79. The molecule has 2 aliphatic heterocycles. The topological polar surface area (TPSA) is 91.8 Å². The minimum atomic E-state index is -3.90. The normalized spacial score (nSPS) is 19.8. The standard InChI is InChI=1S/C22H23FN4O4S2/c23-15-3-6-17(7-4-15)33(29,30)27-9-1-2-19(27)21(28)24-16-5-8-18-20(14-16)32-22(25-18)26-10-12-31-13-11-26/h3-8,14,19H,1-2,9-13H2,(H,24,28). The summed E-state index contributed by atoms with van der Waals surface area (Å²) >= 11 is 1.55. The number of carbonyl (C=O) groups is 1. The Balaban J connectivity index is 1.33. The van der Waals surface area contributed by atoms with Crippen molar-refractivity contribution in [2.24, 2.45) is 0 Å². The molecule has 1 amide bonds. The van der Waals surface area contributed by atoms with E-state index in [9.17, 15) is 17.6 Å². The van der Waals surface area contributed by atoms with Crippen LogP contribution in [0, 0.1) is 5.82 Å². The molecule has 33 heavy (non-hydrogen) atoms. The Labute approximate surface area is 195 Å². The number of hydrogen-bond acceptors (Lipinski definition) is 7. The minimum absolute atomic E-state index is 0.0229. The molecule has 174 valence electrons. The third-order valence-corrected chi connectivity index (χ3v) is 8.85. The van der Waals surface area contributed by atoms with Crippen LogP contribution in [-0.4, -0.2) is 62.5 Å². The zero-order chi connectivity index (χ0) is 23.0. The lowest BCUT2D eigenvalue weighted by Crippen LogP contribution is -2.43. The van der Waals surface area contributed by atoms with Gasteiger partial charge in [0.05, 0.1) is 28.3 Å². The number of anilines is 2. The van der Waals surface area contributed by atoms with E-state index in [1.165, 1.54) is 16.4 Å². The molecular formula is C22H23FN4O4S2. The van der Waals surface area contributed by atoms with Crippen molar-refractivity contribution in [3.63, 3.8) is 0 Å². The van der Waals surface area contributed by atoms with Crippen molar-refractivity contribution in [1.29, 1.82) is 0 Å². The molecule has 5 rings (SSSR count). The van der Waals surface area contributed by atoms with Crippen LogP contribution < -0.4 is 10.2 Å². The molecule has 3 aromatic rings. The molecule has 2 aromatic carbocycles. The average Bonchev–Trinajstić information content (AvgIpc) is 3.48. The number of ether oxygens (including phenoxy) is 1. The summed E-state index contributed by atoms with van der Waals surface area (Å²) in [6.45, 7) is 3.19. The van der Waals surface area contributed by atoms with Crippen molar-refractivity contribution in [3.8, 4) is 0 Å². The van der Waals surface area contributed by atoms with Crippen molar-refractivity contribution in [3.05, 3.63) is 48.3 Å². The van der Waals surface area contributed by atoms with Gasteiger partial charge in [0.2, 0.25) is 15.9 Å². The molecule has 1 atom stereocenters. The minimum Gasteiger partial charge on any atom is -0.378 e. The van der Waals surface area contributed by atoms with Crippen LogP contribution >= 0.6 is 11.3 Å². The first kappa shape index (κ1) is 22.2. The Morgan fingerprint density at radius 3 is 2.64 bits per heavy atom. The quantitative estimate of drug-likeness (QED) is 0.591. The van der Waals surface area contributed by atoms with Gasteiger partial charge in [-0.25, -0.2) is 17.8 Å². The van der Waals surface area contributed by atoms with E-state index in [2.05, 4.69) is 15.2 Å². The second kappa shape index (κ2) is 8.98. The van der Waals surface area contributed by atoms with E-state index < -0.39 is 21.9 Å². The lowest BCUT2D eigenvalue weighted by atomic mass is 10.2. The number of nitrogens with one attached hydrogen (secondary N) is 1. The number of morpholine rings is 1. The number of nitrogens with zero attached hydrogens (tertiary/aromatic N) is 3. The van der Waals surface area contributed by atoms with Crippen LogP contribution in [0.25, 0.3) is 10.2 Å². The highest BCUT2D eigenvalue weighted by atomic mass is 32.2. The number of fused-ring (bicyclic) bond motifs is 1. The molecule has 0 radical (unpaired) electrons. The number of hydrogen-bond donors (Lipinski definition) is 1. The van der Waals surface area contributed by atoms with Crippen molar-refractivity contribution in [2.75, 3.05) is 43.1 Å². The van der Waals surface area contributed by atoms with Crippen LogP contribution in [0.2, 0.25) is 0 Å².